The minimum absolute atomic E-state index is 0.0152. The molecule has 0 radical (unpaired) electrons. The van der Waals surface area contributed by atoms with Crippen LogP contribution in [0.15, 0.2) is 107 Å². The third-order valence-corrected chi connectivity index (χ3v) is 10.0. The van der Waals surface area contributed by atoms with Crippen LogP contribution in [0.5, 0.6) is 0 Å². The van der Waals surface area contributed by atoms with Crippen molar-refractivity contribution in [1.29, 1.82) is 0 Å². The Kier molecular flexibility index (Phi) is 11.3. The Morgan fingerprint density at radius 3 is 1.82 bits per heavy atom. The second kappa shape index (κ2) is 15.6. The normalized spacial score (nSPS) is 18.0. The SMILES string of the molecule is CNC(=O)C1=C(C(C)C)NC(C(C)C)=C(C(=O)NCCCN2CCC(c3ccccc3)(c3ccccc3)CC2)C1c1ccc([N+](=O)[O-])cc1. The van der Waals surface area contributed by atoms with Gasteiger partial charge in [0, 0.05) is 59.6 Å². The van der Waals surface area contributed by atoms with E-state index in [-0.39, 0.29) is 34.8 Å². The number of nitrogens with zero attached hydrogens (tertiary/aromatic N) is 2. The van der Waals surface area contributed by atoms with E-state index in [1.807, 2.05) is 27.7 Å². The molecule has 3 aromatic rings. The molecule has 9 heteroatoms. The van der Waals surface area contributed by atoms with Gasteiger partial charge in [-0.3, -0.25) is 19.7 Å². The number of nitro groups is 1. The molecule has 9 nitrogen and oxygen atoms in total. The average Bonchev–Trinajstić information content (AvgIpc) is 3.13. The smallest absolute Gasteiger partial charge is 0.269 e. The van der Waals surface area contributed by atoms with Crippen LogP contribution in [-0.4, -0.2) is 54.9 Å². The van der Waals surface area contributed by atoms with Gasteiger partial charge in [-0.05, 0) is 67.4 Å². The lowest BCUT2D eigenvalue weighted by molar-refractivity contribution is -0.384. The Morgan fingerprint density at radius 2 is 1.35 bits per heavy atom. The fourth-order valence-electron chi connectivity index (χ4n) is 7.43. The van der Waals surface area contributed by atoms with E-state index >= 15 is 0 Å². The number of likely N-dealkylation sites (N-methyl/N-ethyl adjacent to an activating group) is 1. The number of hydrogen-bond donors (Lipinski definition) is 3. The van der Waals surface area contributed by atoms with Gasteiger partial charge in [0.1, 0.15) is 0 Å². The Bertz CT molecular complexity index is 1650. The highest BCUT2D eigenvalue weighted by Crippen LogP contribution is 2.43. The molecule has 1 atom stereocenters. The van der Waals surface area contributed by atoms with Crippen LogP contribution in [0.1, 0.15) is 69.6 Å². The van der Waals surface area contributed by atoms with Crippen molar-refractivity contribution in [3.8, 4) is 0 Å². The summed E-state index contributed by atoms with van der Waals surface area (Å²) in [5.74, 6) is -1.29. The van der Waals surface area contributed by atoms with Crippen LogP contribution in [0.2, 0.25) is 0 Å². The molecule has 0 saturated carbocycles. The van der Waals surface area contributed by atoms with E-state index in [2.05, 4.69) is 81.5 Å². The van der Waals surface area contributed by atoms with E-state index in [9.17, 15) is 19.7 Å². The molecule has 0 bridgehead atoms. The zero-order valence-electron chi connectivity index (χ0n) is 29.3. The van der Waals surface area contributed by atoms with Gasteiger partial charge >= 0.3 is 0 Å². The highest BCUT2D eigenvalue weighted by molar-refractivity contribution is 6.04. The van der Waals surface area contributed by atoms with Gasteiger partial charge in [-0.1, -0.05) is 100 Å². The molecule has 3 N–H and O–H groups in total. The van der Waals surface area contributed by atoms with Crippen molar-refractivity contribution in [2.45, 2.75) is 58.3 Å². The van der Waals surface area contributed by atoms with E-state index in [0.29, 0.717) is 23.3 Å². The van der Waals surface area contributed by atoms with Crippen molar-refractivity contribution in [1.82, 2.24) is 20.9 Å². The summed E-state index contributed by atoms with van der Waals surface area (Å²) in [4.78, 5) is 41.1. The van der Waals surface area contributed by atoms with Gasteiger partial charge in [-0.25, -0.2) is 0 Å². The van der Waals surface area contributed by atoms with E-state index in [1.165, 1.54) is 23.3 Å². The lowest BCUT2D eigenvalue weighted by atomic mass is 9.68. The molecule has 1 unspecified atom stereocenters. The fourth-order valence-corrected chi connectivity index (χ4v) is 7.43. The van der Waals surface area contributed by atoms with Gasteiger partial charge < -0.3 is 20.9 Å². The van der Waals surface area contributed by atoms with Crippen molar-refractivity contribution in [2.75, 3.05) is 33.2 Å². The van der Waals surface area contributed by atoms with E-state index < -0.39 is 10.8 Å². The van der Waals surface area contributed by atoms with Gasteiger partial charge in [0.15, 0.2) is 0 Å². The topological polar surface area (TPSA) is 117 Å². The molecule has 0 spiro atoms. The van der Waals surface area contributed by atoms with Crippen LogP contribution in [0.25, 0.3) is 0 Å². The predicted molar refractivity (Wildman–Crippen MR) is 194 cm³/mol. The van der Waals surface area contributed by atoms with E-state index in [4.69, 9.17) is 0 Å². The maximum atomic E-state index is 14.2. The maximum Gasteiger partial charge on any atom is 0.269 e. The Hall–Kier alpha value is -4.76. The van der Waals surface area contributed by atoms with Gasteiger partial charge in [0.25, 0.3) is 5.69 Å². The van der Waals surface area contributed by atoms with Crippen molar-refractivity contribution >= 4 is 17.5 Å². The zero-order chi connectivity index (χ0) is 35.1. The first-order valence-corrected chi connectivity index (χ1v) is 17.4. The summed E-state index contributed by atoms with van der Waals surface area (Å²) in [6.07, 6.45) is 2.82. The third kappa shape index (κ3) is 7.62. The molecule has 0 aromatic heterocycles. The molecular weight excluding hydrogens is 614 g/mol. The largest absolute Gasteiger partial charge is 0.361 e. The number of dihydropyridines is 1. The monoisotopic (exact) mass is 663 g/mol. The number of non-ortho nitro benzene ring substituents is 1. The number of hydrogen-bond acceptors (Lipinski definition) is 6. The van der Waals surface area contributed by atoms with Crippen LogP contribution in [-0.2, 0) is 15.0 Å². The van der Waals surface area contributed by atoms with Gasteiger partial charge in [0.2, 0.25) is 11.8 Å². The van der Waals surface area contributed by atoms with Crippen LogP contribution in [0.3, 0.4) is 0 Å². The van der Waals surface area contributed by atoms with Crippen LogP contribution in [0, 0.1) is 22.0 Å². The first-order chi connectivity index (χ1) is 23.6. The Labute approximate surface area is 290 Å². The molecule has 1 saturated heterocycles. The second-order valence-electron chi connectivity index (χ2n) is 13.7. The molecule has 2 aliphatic rings. The molecule has 1 fully saturated rings. The number of nitrogens with one attached hydrogen (secondary N) is 3. The number of nitro benzene ring substituents is 1. The lowest BCUT2D eigenvalue weighted by Gasteiger charge is -2.43. The van der Waals surface area contributed by atoms with Crippen LogP contribution >= 0.6 is 0 Å². The number of benzene rings is 3. The minimum Gasteiger partial charge on any atom is -0.361 e. The molecular formula is C40H49N5O4. The fraction of sp³-hybridized carbons (Fsp3) is 0.400. The predicted octanol–water partition coefficient (Wildman–Crippen LogP) is 6.44. The number of amides is 2. The van der Waals surface area contributed by atoms with Crippen LogP contribution < -0.4 is 16.0 Å². The minimum atomic E-state index is -0.692. The Balaban J connectivity index is 1.32. The third-order valence-electron chi connectivity index (χ3n) is 10.0. The van der Waals surface area contributed by atoms with E-state index in [1.54, 1.807) is 19.2 Å². The maximum absolute atomic E-state index is 14.2. The standard InChI is InChI=1S/C40H49N5O4/c1-27(2)36-34(38(46)41-5)33(29-17-19-32(20-18-29)45(48)49)35(37(43-36)28(3)4)39(47)42-23-12-24-44-25-21-40(22-26-44,30-13-8-6-9-14-30)31-15-10-7-11-16-31/h6-11,13-20,27-28,33,43H,12,21-26H2,1-5H3,(H,41,46)(H,42,47). The second-order valence-corrected chi connectivity index (χ2v) is 13.7. The molecule has 0 aliphatic carbocycles. The average molecular weight is 664 g/mol. The van der Waals surface area contributed by atoms with Crippen molar-refractivity contribution < 1.29 is 14.5 Å². The quantitative estimate of drug-likeness (QED) is 0.117. The highest BCUT2D eigenvalue weighted by atomic mass is 16.6. The number of carbonyl (C=O) groups excluding carboxylic acids is 2. The number of carbonyl (C=O) groups is 2. The lowest BCUT2D eigenvalue weighted by Crippen LogP contribution is -2.44. The summed E-state index contributed by atoms with van der Waals surface area (Å²) in [5.41, 5.74) is 5.73. The first kappa shape index (κ1) is 35.5. The summed E-state index contributed by atoms with van der Waals surface area (Å²) in [6.45, 7) is 11.3. The molecule has 258 valence electrons. The molecule has 5 rings (SSSR count). The number of rotatable bonds is 12. The number of likely N-dealkylation sites (tertiary alicyclic amines) is 1. The molecule has 2 heterocycles. The summed E-state index contributed by atoms with van der Waals surface area (Å²) < 4.78 is 0. The van der Waals surface area contributed by atoms with Crippen molar-refractivity contribution in [3.63, 3.8) is 0 Å². The summed E-state index contributed by atoms with van der Waals surface area (Å²) in [5, 5.41) is 20.8. The molecule has 3 aromatic carbocycles. The number of allylic oxidation sites excluding steroid dienone is 2. The van der Waals surface area contributed by atoms with Gasteiger partial charge in [-0.2, -0.15) is 0 Å². The van der Waals surface area contributed by atoms with Crippen LogP contribution in [0.4, 0.5) is 5.69 Å². The summed E-state index contributed by atoms with van der Waals surface area (Å²) in [6, 6.07) is 27.8. The summed E-state index contributed by atoms with van der Waals surface area (Å²) >= 11 is 0. The Morgan fingerprint density at radius 1 is 0.837 bits per heavy atom. The van der Waals surface area contributed by atoms with Crippen molar-refractivity contribution in [3.05, 3.63) is 134 Å². The van der Waals surface area contributed by atoms with Gasteiger partial charge in [0.05, 0.1) is 4.92 Å². The highest BCUT2D eigenvalue weighted by Gasteiger charge is 2.40. The summed E-state index contributed by atoms with van der Waals surface area (Å²) in [7, 11) is 1.58. The van der Waals surface area contributed by atoms with Crippen molar-refractivity contribution in [2.24, 2.45) is 11.8 Å². The zero-order valence-corrected chi connectivity index (χ0v) is 29.3. The number of piperidine rings is 1. The molecule has 49 heavy (non-hydrogen) atoms. The van der Waals surface area contributed by atoms with Gasteiger partial charge in [-0.15, -0.1) is 0 Å². The molecule has 2 amide bonds. The molecule has 2 aliphatic heterocycles. The first-order valence-electron chi connectivity index (χ1n) is 17.4. The van der Waals surface area contributed by atoms with E-state index in [0.717, 1.165) is 50.3 Å².